The first-order chi connectivity index (χ1) is 10.5. The number of rotatable bonds is 3. The standard InChI is InChI=1S/C15H7Br2NO4/c16-10-4-9-6-13(22-15(9)12(17)7-10)14(19)8-2-1-3-11(5-8)18(20)21/h1-7H. The molecule has 2 aromatic carbocycles. The van der Waals surface area contributed by atoms with Crippen molar-refractivity contribution in [1.29, 1.82) is 0 Å². The van der Waals surface area contributed by atoms with Crippen molar-refractivity contribution in [2.45, 2.75) is 0 Å². The molecule has 3 rings (SSSR count). The molecule has 0 fully saturated rings. The third-order valence-corrected chi connectivity index (χ3v) is 4.13. The van der Waals surface area contributed by atoms with E-state index in [0.717, 1.165) is 14.3 Å². The number of ketones is 1. The highest BCUT2D eigenvalue weighted by Gasteiger charge is 2.18. The fraction of sp³-hybridized carbons (Fsp3) is 0. The second kappa shape index (κ2) is 5.66. The van der Waals surface area contributed by atoms with Gasteiger partial charge in [0.05, 0.1) is 9.40 Å². The van der Waals surface area contributed by atoms with Crippen molar-refractivity contribution in [2.24, 2.45) is 0 Å². The quantitative estimate of drug-likeness (QED) is 0.333. The molecule has 1 aromatic heterocycles. The predicted molar refractivity (Wildman–Crippen MR) is 88.1 cm³/mol. The molecule has 110 valence electrons. The third kappa shape index (κ3) is 2.69. The normalized spacial score (nSPS) is 10.8. The monoisotopic (exact) mass is 423 g/mol. The summed E-state index contributed by atoms with van der Waals surface area (Å²) in [5.74, 6) is -0.266. The Labute approximate surface area is 141 Å². The van der Waals surface area contributed by atoms with Crippen molar-refractivity contribution in [3.63, 3.8) is 0 Å². The Morgan fingerprint density at radius 1 is 1.14 bits per heavy atom. The van der Waals surface area contributed by atoms with Crippen LogP contribution in [0.25, 0.3) is 11.0 Å². The van der Waals surface area contributed by atoms with E-state index in [1.807, 2.05) is 12.1 Å². The maximum atomic E-state index is 12.4. The molecule has 0 N–H and O–H groups in total. The lowest BCUT2D eigenvalue weighted by molar-refractivity contribution is -0.384. The van der Waals surface area contributed by atoms with Gasteiger partial charge >= 0.3 is 0 Å². The maximum absolute atomic E-state index is 12.4. The average Bonchev–Trinajstić information content (AvgIpc) is 2.90. The zero-order chi connectivity index (χ0) is 15.9. The number of nitro groups is 1. The number of halogens is 2. The third-order valence-electron chi connectivity index (χ3n) is 3.08. The van der Waals surface area contributed by atoms with Gasteiger partial charge in [-0.3, -0.25) is 14.9 Å². The highest BCUT2D eigenvalue weighted by molar-refractivity contribution is 9.11. The zero-order valence-corrected chi connectivity index (χ0v) is 14.0. The van der Waals surface area contributed by atoms with Gasteiger partial charge in [-0.25, -0.2) is 0 Å². The van der Waals surface area contributed by atoms with Gasteiger partial charge in [-0.05, 0) is 34.1 Å². The first kappa shape index (κ1) is 14.9. The van der Waals surface area contributed by atoms with Crippen molar-refractivity contribution in [3.8, 4) is 0 Å². The van der Waals surface area contributed by atoms with E-state index in [0.29, 0.717) is 5.58 Å². The summed E-state index contributed by atoms with van der Waals surface area (Å²) in [4.78, 5) is 22.7. The molecule has 0 atom stereocenters. The van der Waals surface area contributed by atoms with E-state index < -0.39 is 10.7 Å². The highest BCUT2D eigenvalue weighted by atomic mass is 79.9. The van der Waals surface area contributed by atoms with Gasteiger partial charge in [-0.1, -0.05) is 28.1 Å². The number of non-ortho nitro benzene ring substituents is 1. The van der Waals surface area contributed by atoms with Crippen LogP contribution in [0.4, 0.5) is 5.69 Å². The van der Waals surface area contributed by atoms with Gasteiger partial charge in [-0.15, -0.1) is 0 Å². The molecule has 0 saturated heterocycles. The molecule has 1 heterocycles. The van der Waals surface area contributed by atoms with Gasteiger partial charge < -0.3 is 4.42 Å². The fourth-order valence-corrected chi connectivity index (χ4v) is 3.43. The van der Waals surface area contributed by atoms with Gasteiger partial charge in [-0.2, -0.15) is 0 Å². The number of fused-ring (bicyclic) bond motifs is 1. The first-order valence-corrected chi connectivity index (χ1v) is 7.72. The predicted octanol–water partition coefficient (Wildman–Crippen LogP) is 5.10. The lowest BCUT2D eigenvalue weighted by Crippen LogP contribution is -2.00. The average molecular weight is 425 g/mol. The zero-order valence-electron chi connectivity index (χ0n) is 10.9. The number of carbonyl (C=O) groups excluding carboxylic acids is 1. The Morgan fingerprint density at radius 2 is 1.91 bits per heavy atom. The van der Waals surface area contributed by atoms with E-state index >= 15 is 0 Å². The summed E-state index contributed by atoms with van der Waals surface area (Å²) in [6.45, 7) is 0. The van der Waals surface area contributed by atoms with Gasteiger partial charge in [0.25, 0.3) is 5.69 Å². The van der Waals surface area contributed by atoms with Gasteiger partial charge in [0, 0.05) is 27.6 Å². The van der Waals surface area contributed by atoms with Crippen LogP contribution in [-0.4, -0.2) is 10.7 Å². The Hall–Kier alpha value is -1.99. The van der Waals surface area contributed by atoms with Crippen LogP contribution < -0.4 is 0 Å². The maximum Gasteiger partial charge on any atom is 0.270 e. The van der Waals surface area contributed by atoms with Crippen LogP contribution in [0.15, 0.2) is 55.8 Å². The van der Waals surface area contributed by atoms with E-state index in [1.54, 1.807) is 6.07 Å². The Balaban J connectivity index is 2.07. The van der Waals surface area contributed by atoms with E-state index in [4.69, 9.17) is 4.42 Å². The van der Waals surface area contributed by atoms with E-state index in [-0.39, 0.29) is 17.0 Å². The number of nitro benzene ring substituents is 1. The Bertz CT molecular complexity index is 917. The van der Waals surface area contributed by atoms with Crippen LogP contribution in [0.5, 0.6) is 0 Å². The molecule has 0 aliphatic heterocycles. The van der Waals surface area contributed by atoms with Crippen LogP contribution in [0.1, 0.15) is 16.1 Å². The number of hydrogen-bond acceptors (Lipinski definition) is 4. The van der Waals surface area contributed by atoms with E-state index in [9.17, 15) is 14.9 Å². The minimum absolute atomic E-state index is 0.133. The molecule has 0 radical (unpaired) electrons. The van der Waals surface area contributed by atoms with E-state index in [2.05, 4.69) is 31.9 Å². The largest absolute Gasteiger partial charge is 0.451 e. The van der Waals surface area contributed by atoms with Crippen LogP contribution >= 0.6 is 31.9 Å². The second-order valence-corrected chi connectivity index (χ2v) is 6.32. The molecule has 0 spiro atoms. The summed E-state index contributed by atoms with van der Waals surface area (Å²) in [6.07, 6.45) is 0. The molecule has 22 heavy (non-hydrogen) atoms. The molecule has 0 aliphatic rings. The van der Waals surface area contributed by atoms with Crippen LogP contribution in [0.3, 0.4) is 0 Å². The second-order valence-electron chi connectivity index (χ2n) is 4.55. The van der Waals surface area contributed by atoms with Crippen molar-refractivity contribution < 1.29 is 14.1 Å². The number of benzene rings is 2. The molecule has 0 saturated carbocycles. The smallest absolute Gasteiger partial charge is 0.270 e. The molecule has 7 heteroatoms. The molecule has 0 bridgehead atoms. The molecule has 0 unspecified atom stereocenters. The summed E-state index contributed by atoms with van der Waals surface area (Å²) in [7, 11) is 0. The van der Waals surface area contributed by atoms with E-state index in [1.165, 1.54) is 24.3 Å². The molecule has 0 amide bonds. The van der Waals surface area contributed by atoms with Gasteiger partial charge in [0.15, 0.2) is 5.76 Å². The summed E-state index contributed by atoms with van der Waals surface area (Å²) >= 11 is 6.74. The molecule has 5 nitrogen and oxygen atoms in total. The number of hydrogen-bond donors (Lipinski definition) is 0. The topological polar surface area (TPSA) is 73.3 Å². The summed E-state index contributed by atoms with van der Waals surface area (Å²) in [5, 5.41) is 11.6. The Kier molecular flexibility index (Phi) is 3.84. The highest BCUT2D eigenvalue weighted by Crippen LogP contribution is 2.31. The van der Waals surface area contributed by atoms with Crippen molar-refractivity contribution in [3.05, 3.63) is 72.8 Å². The van der Waals surface area contributed by atoms with Crippen LogP contribution in [-0.2, 0) is 0 Å². The van der Waals surface area contributed by atoms with Gasteiger partial charge in [0.2, 0.25) is 5.78 Å². The fourth-order valence-electron chi connectivity index (χ4n) is 2.09. The van der Waals surface area contributed by atoms with Crippen molar-refractivity contribution >= 4 is 54.3 Å². The lowest BCUT2D eigenvalue weighted by Gasteiger charge is -1.97. The molecular formula is C15H7Br2NO4. The molecular weight excluding hydrogens is 418 g/mol. The van der Waals surface area contributed by atoms with Gasteiger partial charge in [0.1, 0.15) is 5.58 Å². The molecule has 0 aliphatic carbocycles. The first-order valence-electron chi connectivity index (χ1n) is 6.13. The van der Waals surface area contributed by atoms with Crippen LogP contribution in [0.2, 0.25) is 0 Å². The van der Waals surface area contributed by atoms with Crippen LogP contribution in [0, 0.1) is 10.1 Å². The van der Waals surface area contributed by atoms with Crippen molar-refractivity contribution in [1.82, 2.24) is 0 Å². The van der Waals surface area contributed by atoms with Crippen molar-refractivity contribution in [2.75, 3.05) is 0 Å². The number of nitrogens with zero attached hydrogens (tertiary/aromatic N) is 1. The minimum Gasteiger partial charge on any atom is -0.451 e. The minimum atomic E-state index is -0.539. The summed E-state index contributed by atoms with van der Waals surface area (Å²) < 4.78 is 7.15. The Morgan fingerprint density at radius 3 is 2.64 bits per heavy atom. The summed E-state index contributed by atoms with van der Waals surface area (Å²) in [5.41, 5.74) is 0.631. The number of furan rings is 1. The number of carbonyl (C=O) groups is 1. The lowest BCUT2D eigenvalue weighted by atomic mass is 10.1. The summed E-state index contributed by atoms with van der Waals surface area (Å²) in [6, 6.07) is 10.8. The SMILES string of the molecule is O=C(c1cccc([N+](=O)[O-])c1)c1cc2cc(Br)cc(Br)c2o1. The molecule has 3 aromatic rings.